The van der Waals surface area contributed by atoms with E-state index < -0.39 is 16.9 Å². The summed E-state index contributed by atoms with van der Waals surface area (Å²) < 4.78 is 18.9. The summed E-state index contributed by atoms with van der Waals surface area (Å²) in [6.07, 6.45) is 1.67. The molecule has 0 spiro atoms. The number of nitro benzene ring substituents is 1. The Bertz CT molecular complexity index is 2270. The number of hydrogen-bond acceptors (Lipinski definition) is 9. The van der Waals surface area contributed by atoms with Crippen molar-refractivity contribution in [1.82, 2.24) is 4.57 Å². The average Bonchev–Trinajstić information content (AvgIpc) is 3.41. The van der Waals surface area contributed by atoms with E-state index in [1.54, 1.807) is 61.5 Å². The number of aromatic nitrogens is 1. The van der Waals surface area contributed by atoms with Gasteiger partial charge in [0, 0.05) is 22.7 Å². The van der Waals surface area contributed by atoms with Crippen molar-refractivity contribution in [3.63, 3.8) is 0 Å². The molecular weight excluding hydrogens is 689 g/mol. The second kappa shape index (κ2) is 14.5. The Hall–Kier alpha value is -5.23. The summed E-state index contributed by atoms with van der Waals surface area (Å²) in [4.78, 5) is 43.6. The van der Waals surface area contributed by atoms with Gasteiger partial charge in [0.05, 0.1) is 45.5 Å². The van der Waals surface area contributed by atoms with Gasteiger partial charge in [0.15, 0.2) is 16.3 Å². The van der Waals surface area contributed by atoms with Crippen molar-refractivity contribution in [1.29, 1.82) is 0 Å². The lowest BCUT2D eigenvalue weighted by Crippen LogP contribution is -2.40. The normalized spacial score (nSPS) is 14.2. The van der Waals surface area contributed by atoms with Crippen LogP contribution in [0.4, 0.5) is 5.69 Å². The molecule has 0 saturated carbocycles. The van der Waals surface area contributed by atoms with Crippen molar-refractivity contribution in [2.45, 2.75) is 19.6 Å². The molecule has 1 aromatic heterocycles. The van der Waals surface area contributed by atoms with E-state index in [2.05, 4.69) is 0 Å². The SMILES string of the molecule is CCOC(=O)C1=C(c2ccccc2)N=c2s/c(=C\c3cc(Cl)c(OCc4ccc([N+](=O)[O-])cc4)c(OC)c3)c(=O)n2[C@@H]1c1ccc(Cl)cc1. The largest absolute Gasteiger partial charge is 0.493 e. The smallest absolute Gasteiger partial charge is 0.338 e. The second-order valence-electron chi connectivity index (χ2n) is 10.7. The van der Waals surface area contributed by atoms with E-state index in [0.29, 0.717) is 48.1 Å². The molecule has 0 amide bonds. The fourth-order valence-electron chi connectivity index (χ4n) is 5.38. The molecule has 0 saturated heterocycles. The molecule has 2 heterocycles. The highest BCUT2D eigenvalue weighted by Gasteiger charge is 2.35. The molecule has 1 atom stereocenters. The van der Waals surface area contributed by atoms with Crippen LogP contribution in [0.25, 0.3) is 11.8 Å². The van der Waals surface area contributed by atoms with Crippen molar-refractivity contribution in [2.24, 2.45) is 4.99 Å². The third-order valence-corrected chi connectivity index (χ3v) is 9.15. The summed E-state index contributed by atoms with van der Waals surface area (Å²) in [7, 11) is 1.47. The summed E-state index contributed by atoms with van der Waals surface area (Å²) in [5.41, 5.74) is 2.85. The predicted molar refractivity (Wildman–Crippen MR) is 188 cm³/mol. The number of nitro groups is 1. The second-order valence-corrected chi connectivity index (χ2v) is 12.6. The molecule has 0 radical (unpaired) electrons. The molecule has 0 unspecified atom stereocenters. The molecule has 49 heavy (non-hydrogen) atoms. The zero-order chi connectivity index (χ0) is 34.7. The number of carbonyl (C=O) groups excluding carboxylic acids is 1. The lowest BCUT2D eigenvalue weighted by Gasteiger charge is -2.25. The quantitative estimate of drug-likeness (QED) is 0.0892. The van der Waals surface area contributed by atoms with E-state index in [0.717, 1.165) is 0 Å². The molecule has 248 valence electrons. The van der Waals surface area contributed by atoms with Crippen molar-refractivity contribution < 1.29 is 23.9 Å². The predicted octanol–water partition coefficient (Wildman–Crippen LogP) is 6.74. The van der Waals surface area contributed by atoms with Gasteiger partial charge in [-0.1, -0.05) is 77.0 Å². The summed E-state index contributed by atoms with van der Waals surface area (Å²) in [5, 5.41) is 11.7. The maximum atomic E-state index is 14.2. The molecule has 1 aliphatic rings. The maximum Gasteiger partial charge on any atom is 0.338 e. The zero-order valence-electron chi connectivity index (χ0n) is 26.1. The van der Waals surface area contributed by atoms with Crippen LogP contribution in [0.15, 0.2) is 106 Å². The molecule has 0 aliphatic carbocycles. The van der Waals surface area contributed by atoms with Crippen molar-refractivity contribution in [3.05, 3.63) is 159 Å². The Morgan fingerprint density at radius 3 is 2.41 bits per heavy atom. The third kappa shape index (κ3) is 7.00. The highest BCUT2D eigenvalue weighted by molar-refractivity contribution is 7.07. The number of methoxy groups -OCH3 is 1. The lowest BCUT2D eigenvalue weighted by atomic mass is 9.93. The summed E-state index contributed by atoms with van der Waals surface area (Å²) in [5.74, 6) is 0.0130. The minimum absolute atomic E-state index is 0.0260. The molecule has 4 aromatic carbocycles. The van der Waals surface area contributed by atoms with Crippen LogP contribution in [0.3, 0.4) is 0 Å². The number of hydrogen-bond donors (Lipinski definition) is 0. The van der Waals surface area contributed by atoms with Gasteiger partial charge in [-0.3, -0.25) is 19.5 Å². The highest BCUT2D eigenvalue weighted by atomic mass is 35.5. The van der Waals surface area contributed by atoms with E-state index in [4.69, 9.17) is 42.4 Å². The Balaban J connectivity index is 1.45. The van der Waals surface area contributed by atoms with Crippen LogP contribution in [0.1, 0.15) is 35.2 Å². The first-order chi connectivity index (χ1) is 23.7. The fourth-order valence-corrected chi connectivity index (χ4v) is 6.79. The van der Waals surface area contributed by atoms with Gasteiger partial charge >= 0.3 is 5.97 Å². The van der Waals surface area contributed by atoms with Crippen LogP contribution in [-0.2, 0) is 16.1 Å². The van der Waals surface area contributed by atoms with Gasteiger partial charge in [0.25, 0.3) is 11.2 Å². The number of carbonyl (C=O) groups is 1. The zero-order valence-corrected chi connectivity index (χ0v) is 28.4. The van der Waals surface area contributed by atoms with E-state index in [-0.39, 0.29) is 40.8 Å². The molecule has 10 nitrogen and oxygen atoms in total. The number of benzene rings is 4. The molecule has 13 heteroatoms. The number of rotatable bonds is 10. The first kappa shape index (κ1) is 33.7. The Labute approximate surface area is 293 Å². The van der Waals surface area contributed by atoms with Crippen LogP contribution in [-0.4, -0.2) is 29.2 Å². The van der Waals surface area contributed by atoms with Crippen molar-refractivity contribution >= 4 is 58.0 Å². The number of nitrogens with zero attached hydrogens (tertiary/aromatic N) is 3. The molecule has 6 rings (SSSR count). The molecule has 5 aromatic rings. The minimum atomic E-state index is -0.849. The van der Waals surface area contributed by atoms with Gasteiger partial charge in [-0.2, -0.15) is 0 Å². The molecule has 0 N–H and O–H groups in total. The average molecular weight is 717 g/mol. The maximum absolute atomic E-state index is 14.2. The summed E-state index contributed by atoms with van der Waals surface area (Å²) >= 11 is 14.0. The van der Waals surface area contributed by atoms with E-state index in [1.165, 1.54) is 35.1 Å². The van der Waals surface area contributed by atoms with Gasteiger partial charge in [-0.05, 0) is 66.1 Å². The summed E-state index contributed by atoms with van der Waals surface area (Å²) in [6, 6.07) is 24.7. The van der Waals surface area contributed by atoms with Gasteiger partial charge in [-0.25, -0.2) is 9.79 Å². The number of thiazole rings is 1. The highest BCUT2D eigenvalue weighted by Crippen LogP contribution is 2.38. The number of halogens is 2. The fraction of sp³-hybridized carbons (Fsp3) is 0.139. The van der Waals surface area contributed by atoms with Crippen LogP contribution < -0.4 is 24.4 Å². The number of fused-ring (bicyclic) bond motifs is 1. The Kier molecular flexibility index (Phi) is 9.95. The summed E-state index contributed by atoms with van der Waals surface area (Å²) in [6.45, 7) is 1.94. The van der Waals surface area contributed by atoms with Crippen LogP contribution in [0.2, 0.25) is 10.0 Å². The topological polar surface area (TPSA) is 122 Å². The van der Waals surface area contributed by atoms with Crippen molar-refractivity contribution in [2.75, 3.05) is 13.7 Å². The molecule has 1 aliphatic heterocycles. The number of ether oxygens (including phenoxy) is 3. The molecule has 0 bridgehead atoms. The van der Waals surface area contributed by atoms with E-state index >= 15 is 0 Å². The first-order valence-corrected chi connectivity index (χ1v) is 16.5. The van der Waals surface area contributed by atoms with Crippen LogP contribution in [0.5, 0.6) is 11.5 Å². The monoisotopic (exact) mass is 715 g/mol. The number of esters is 1. The van der Waals surface area contributed by atoms with E-state index in [1.807, 2.05) is 30.3 Å². The van der Waals surface area contributed by atoms with E-state index in [9.17, 15) is 19.7 Å². The van der Waals surface area contributed by atoms with Gasteiger partial charge in [0.2, 0.25) is 0 Å². The minimum Gasteiger partial charge on any atom is -0.493 e. The lowest BCUT2D eigenvalue weighted by molar-refractivity contribution is -0.384. The molecular formula is C36H27Cl2N3O7S. The van der Waals surface area contributed by atoms with Crippen molar-refractivity contribution in [3.8, 4) is 11.5 Å². The molecule has 0 fully saturated rings. The number of non-ortho nitro benzene ring substituents is 1. The Morgan fingerprint density at radius 1 is 1.04 bits per heavy atom. The van der Waals surface area contributed by atoms with Gasteiger partial charge < -0.3 is 14.2 Å². The standard InChI is InChI=1S/C36H27Cl2N3O7S/c1-3-47-35(43)30-31(23-7-5-4-6-8-23)39-36-40(32(30)24-11-13-25(37)14-12-24)34(42)29(49-36)19-22-17-27(38)33(28(18-22)46-2)48-20-21-9-15-26(16-10-21)41(44)45/h4-19,32H,3,20H2,1-2H3/b29-19-/t32-/m1/s1. The van der Waals surface area contributed by atoms with Gasteiger partial charge in [0.1, 0.15) is 6.61 Å². The van der Waals surface area contributed by atoms with Gasteiger partial charge in [-0.15, -0.1) is 0 Å². The van der Waals surface area contributed by atoms with Crippen LogP contribution in [0, 0.1) is 10.1 Å². The Morgan fingerprint density at radius 2 is 1.76 bits per heavy atom. The van der Waals surface area contributed by atoms with Crippen LogP contribution >= 0.6 is 34.5 Å². The third-order valence-electron chi connectivity index (χ3n) is 7.64. The first-order valence-electron chi connectivity index (χ1n) is 15.0.